The van der Waals surface area contributed by atoms with E-state index in [2.05, 4.69) is 27.3 Å². The fraction of sp³-hybridized carbons (Fsp3) is 0.455. The van der Waals surface area contributed by atoms with Crippen LogP contribution >= 0.6 is 0 Å². The molecule has 1 aromatic carbocycles. The van der Waals surface area contributed by atoms with Crippen molar-refractivity contribution in [2.45, 2.75) is 46.1 Å². The van der Waals surface area contributed by atoms with Crippen LogP contribution in [0.25, 0.3) is 0 Å². The summed E-state index contributed by atoms with van der Waals surface area (Å²) in [5, 5.41) is 3.01. The lowest BCUT2D eigenvalue weighted by atomic mass is 9.92. The average Bonchev–Trinajstić information content (AvgIpc) is 2.61. The smallest absolute Gasteiger partial charge is 0.224 e. The first-order chi connectivity index (χ1) is 12.6. The number of aromatic nitrogens is 1. The minimum Gasteiger partial charge on any atom is -0.326 e. The fourth-order valence-corrected chi connectivity index (χ4v) is 3.63. The Bertz CT molecular complexity index is 736. The first-order valence-corrected chi connectivity index (χ1v) is 9.60. The molecule has 2 aromatic rings. The van der Waals surface area contributed by atoms with E-state index in [1.165, 1.54) is 18.4 Å². The molecule has 1 fully saturated rings. The van der Waals surface area contributed by atoms with E-state index in [9.17, 15) is 4.79 Å². The number of amides is 1. The van der Waals surface area contributed by atoms with Crippen LogP contribution in [0.3, 0.4) is 0 Å². The summed E-state index contributed by atoms with van der Waals surface area (Å²) in [6, 6.07) is 14.2. The predicted octanol–water partition coefficient (Wildman–Crippen LogP) is 4.33. The van der Waals surface area contributed by atoms with Crippen LogP contribution in [-0.2, 0) is 11.3 Å². The number of hydrogen-bond acceptors (Lipinski definition) is 3. The number of nitrogens with one attached hydrogen (secondary N) is 1. The largest absolute Gasteiger partial charge is 0.326 e. The number of nitrogens with zero attached hydrogens (tertiary/aromatic N) is 2. The number of carbonyl (C=O) groups is 1. The molecule has 1 aromatic heterocycles. The van der Waals surface area contributed by atoms with Crippen LogP contribution in [0.1, 0.15) is 42.6 Å². The average molecular weight is 351 g/mol. The maximum atomic E-state index is 12.2. The Morgan fingerprint density at radius 2 is 1.92 bits per heavy atom. The monoisotopic (exact) mass is 351 g/mol. The molecule has 3 rings (SSSR count). The molecule has 0 saturated carbocycles. The molecule has 26 heavy (non-hydrogen) atoms. The zero-order valence-electron chi connectivity index (χ0n) is 15.9. The van der Waals surface area contributed by atoms with Crippen LogP contribution < -0.4 is 5.32 Å². The van der Waals surface area contributed by atoms with Gasteiger partial charge in [-0.2, -0.15) is 0 Å². The second-order valence-electron chi connectivity index (χ2n) is 7.45. The Morgan fingerprint density at radius 3 is 2.65 bits per heavy atom. The maximum absolute atomic E-state index is 12.2. The highest BCUT2D eigenvalue weighted by Gasteiger charge is 2.20. The van der Waals surface area contributed by atoms with E-state index >= 15 is 0 Å². The van der Waals surface area contributed by atoms with E-state index in [0.29, 0.717) is 12.3 Å². The van der Waals surface area contributed by atoms with Gasteiger partial charge in [-0.1, -0.05) is 18.2 Å². The Morgan fingerprint density at radius 1 is 1.15 bits per heavy atom. The first-order valence-electron chi connectivity index (χ1n) is 9.60. The Balaban J connectivity index is 1.38. The van der Waals surface area contributed by atoms with E-state index in [-0.39, 0.29) is 5.91 Å². The minimum atomic E-state index is 0.127. The SMILES string of the molecule is Cc1cccc(NC(=O)CCC2CCN(Cc3cccc(C)n3)CC2)c1. The Kier molecular flexibility index (Phi) is 6.40. The number of pyridine rings is 1. The van der Waals surface area contributed by atoms with Crippen LogP contribution in [0.4, 0.5) is 5.69 Å². The van der Waals surface area contributed by atoms with E-state index in [4.69, 9.17) is 0 Å². The summed E-state index contributed by atoms with van der Waals surface area (Å²) in [5.41, 5.74) is 4.30. The zero-order chi connectivity index (χ0) is 18.4. The van der Waals surface area contributed by atoms with Gasteiger partial charge in [0.1, 0.15) is 0 Å². The van der Waals surface area contributed by atoms with Crippen molar-refractivity contribution < 1.29 is 4.79 Å². The molecule has 2 heterocycles. The number of aryl methyl sites for hydroxylation is 2. The molecular weight excluding hydrogens is 322 g/mol. The van der Waals surface area contributed by atoms with Crippen molar-refractivity contribution in [2.75, 3.05) is 18.4 Å². The van der Waals surface area contributed by atoms with Crippen molar-refractivity contribution in [3.63, 3.8) is 0 Å². The maximum Gasteiger partial charge on any atom is 0.224 e. The van der Waals surface area contributed by atoms with Crippen LogP contribution in [0.2, 0.25) is 0 Å². The first kappa shape index (κ1) is 18.6. The van der Waals surface area contributed by atoms with Gasteiger partial charge in [-0.15, -0.1) is 0 Å². The van der Waals surface area contributed by atoms with Crippen molar-refractivity contribution in [3.8, 4) is 0 Å². The topological polar surface area (TPSA) is 45.2 Å². The molecule has 0 unspecified atom stereocenters. The summed E-state index contributed by atoms with van der Waals surface area (Å²) in [6.07, 6.45) is 3.93. The number of carbonyl (C=O) groups excluding carboxylic acids is 1. The highest BCUT2D eigenvalue weighted by molar-refractivity contribution is 5.90. The van der Waals surface area contributed by atoms with Crippen molar-refractivity contribution >= 4 is 11.6 Å². The third-order valence-corrected chi connectivity index (χ3v) is 5.12. The number of hydrogen-bond donors (Lipinski definition) is 1. The zero-order valence-corrected chi connectivity index (χ0v) is 15.9. The molecule has 138 valence electrons. The van der Waals surface area contributed by atoms with Gasteiger partial charge in [-0.25, -0.2) is 0 Å². The number of benzene rings is 1. The van der Waals surface area contributed by atoms with E-state index in [1.807, 2.05) is 44.2 Å². The van der Waals surface area contributed by atoms with Crippen LogP contribution in [0.5, 0.6) is 0 Å². The van der Waals surface area contributed by atoms with Crippen LogP contribution in [-0.4, -0.2) is 28.9 Å². The van der Waals surface area contributed by atoms with Crippen molar-refractivity contribution in [1.29, 1.82) is 0 Å². The lowest BCUT2D eigenvalue weighted by Gasteiger charge is -2.31. The molecule has 0 radical (unpaired) electrons. The third-order valence-electron chi connectivity index (χ3n) is 5.12. The molecule has 0 spiro atoms. The lowest BCUT2D eigenvalue weighted by Crippen LogP contribution is -2.33. The summed E-state index contributed by atoms with van der Waals surface area (Å²) in [6.45, 7) is 7.20. The van der Waals surface area contributed by atoms with Gasteiger partial charge in [0.25, 0.3) is 0 Å². The summed E-state index contributed by atoms with van der Waals surface area (Å²) < 4.78 is 0. The van der Waals surface area contributed by atoms with Gasteiger partial charge < -0.3 is 5.32 Å². The quantitative estimate of drug-likeness (QED) is 0.842. The lowest BCUT2D eigenvalue weighted by molar-refractivity contribution is -0.116. The molecule has 4 heteroatoms. The fourth-order valence-electron chi connectivity index (χ4n) is 3.63. The molecule has 1 amide bonds. The van der Waals surface area contributed by atoms with Gasteiger partial charge in [-0.05, 0) is 81.9 Å². The minimum absolute atomic E-state index is 0.127. The van der Waals surface area contributed by atoms with Crippen molar-refractivity contribution in [3.05, 3.63) is 59.4 Å². The summed E-state index contributed by atoms with van der Waals surface area (Å²) in [5.74, 6) is 0.780. The molecule has 1 aliphatic rings. The Hall–Kier alpha value is -2.20. The van der Waals surface area contributed by atoms with E-state index in [1.54, 1.807) is 0 Å². The van der Waals surface area contributed by atoms with Crippen LogP contribution in [0.15, 0.2) is 42.5 Å². The highest BCUT2D eigenvalue weighted by Crippen LogP contribution is 2.23. The molecular formula is C22H29N3O. The number of rotatable bonds is 6. The summed E-state index contributed by atoms with van der Waals surface area (Å²) in [7, 11) is 0. The molecule has 0 aliphatic carbocycles. The second kappa shape index (κ2) is 8.95. The van der Waals surface area contributed by atoms with Gasteiger partial charge in [0.05, 0.1) is 5.69 Å². The third kappa shape index (κ3) is 5.67. The second-order valence-corrected chi connectivity index (χ2v) is 7.45. The van der Waals surface area contributed by atoms with E-state index < -0.39 is 0 Å². The predicted molar refractivity (Wildman–Crippen MR) is 106 cm³/mol. The normalized spacial score (nSPS) is 15.8. The van der Waals surface area contributed by atoms with Crippen LogP contribution in [0, 0.1) is 19.8 Å². The summed E-state index contributed by atoms with van der Waals surface area (Å²) >= 11 is 0. The molecule has 4 nitrogen and oxygen atoms in total. The molecule has 0 bridgehead atoms. The molecule has 1 saturated heterocycles. The molecule has 0 atom stereocenters. The number of anilines is 1. The van der Waals surface area contributed by atoms with Gasteiger partial charge in [0.2, 0.25) is 5.91 Å². The van der Waals surface area contributed by atoms with Gasteiger partial charge in [-0.3, -0.25) is 14.7 Å². The number of likely N-dealkylation sites (tertiary alicyclic amines) is 1. The summed E-state index contributed by atoms with van der Waals surface area (Å²) in [4.78, 5) is 19.2. The van der Waals surface area contributed by atoms with Gasteiger partial charge in [0.15, 0.2) is 0 Å². The number of piperidine rings is 1. The van der Waals surface area contributed by atoms with Crippen molar-refractivity contribution in [1.82, 2.24) is 9.88 Å². The highest BCUT2D eigenvalue weighted by atomic mass is 16.1. The van der Waals surface area contributed by atoms with Gasteiger partial charge >= 0.3 is 0 Å². The molecule has 1 N–H and O–H groups in total. The standard InChI is InChI=1S/C22H29N3O/c1-17-5-3-7-20(15-17)24-22(26)10-9-19-11-13-25(14-12-19)16-21-8-4-6-18(2)23-21/h3-8,15,19H,9-14,16H2,1-2H3,(H,24,26). The van der Waals surface area contributed by atoms with Gasteiger partial charge in [0, 0.05) is 24.3 Å². The molecule has 1 aliphatic heterocycles. The van der Waals surface area contributed by atoms with E-state index in [0.717, 1.165) is 43.1 Å². The Labute approximate surface area is 156 Å². The van der Waals surface area contributed by atoms with Crippen molar-refractivity contribution in [2.24, 2.45) is 5.92 Å².